The minimum Gasteiger partial charge on any atom is -0.170 e. The monoisotopic (exact) mass is 346 g/mol. The maximum Gasteiger partial charge on any atom is 0.153 e. The first kappa shape index (κ1) is 16.5. The summed E-state index contributed by atoms with van der Waals surface area (Å²) in [6.07, 6.45) is 3.74. The predicted octanol–water partition coefficient (Wildman–Crippen LogP) is 4.87. The van der Waals surface area contributed by atoms with Gasteiger partial charge in [0.25, 0.3) is 0 Å². The first-order valence-corrected chi connectivity index (χ1v) is 11.1. The minimum atomic E-state index is -1.64. The Balaban J connectivity index is 1.91. The molecule has 0 unspecified atom stereocenters. The van der Waals surface area contributed by atoms with Crippen LogP contribution in [0.1, 0.15) is 18.4 Å². The van der Waals surface area contributed by atoms with E-state index in [1.165, 1.54) is 42.1 Å². The predicted molar refractivity (Wildman–Crippen MR) is 110 cm³/mol. The molecule has 3 aromatic rings. The molecule has 2 heteroatoms. The van der Waals surface area contributed by atoms with Crippen LogP contribution in [0.2, 0.25) is 0 Å². The molecule has 1 fully saturated rings. The maximum atomic E-state index is 2.81. The Bertz CT molecular complexity index is 741. The van der Waals surface area contributed by atoms with Crippen molar-refractivity contribution >= 4 is 18.0 Å². The molecule has 0 saturated carbocycles. The van der Waals surface area contributed by atoms with Gasteiger partial charge < -0.3 is 0 Å². The lowest BCUT2D eigenvalue weighted by Crippen LogP contribution is -2.36. The summed E-state index contributed by atoms with van der Waals surface area (Å²) in [5, 5.41) is 3.01. The average Bonchev–Trinajstić information content (AvgIpc) is 3.23. The first-order valence-electron chi connectivity index (χ1n) is 9.18. The van der Waals surface area contributed by atoms with Crippen molar-refractivity contribution in [2.24, 2.45) is 0 Å². The van der Waals surface area contributed by atoms with Gasteiger partial charge in [0.2, 0.25) is 0 Å². The zero-order chi connectivity index (χ0) is 17.0. The van der Waals surface area contributed by atoms with Crippen molar-refractivity contribution in [3.8, 4) is 0 Å². The molecule has 0 bridgehead atoms. The summed E-state index contributed by atoms with van der Waals surface area (Å²) >= 11 is 0. The van der Waals surface area contributed by atoms with E-state index in [0.29, 0.717) is 0 Å². The van der Waals surface area contributed by atoms with Gasteiger partial charge in [-0.2, -0.15) is 4.67 Å². The zero-order valence-electron chi connectivity index (χ0n) is 14.6. The zero-order valence-corrected chi connectivity index (χ0v) is 15.5. The van der Waals surface area contributed by atoms with Crippen LogP contribution < -0.4 is 10.6 Å². The Kier molecular flexibility index (Phi) is 4.97. The largest absolute Gasteiger partial charge is 0.170 e. The third kappa shape index (κ3) is 3.27. The second-order valence-electron chi connectivity index (χ2n) is 6.75. The maximum absolute atomic E-state index is 2.81. The van der Waals surface area contributed by atoms with Gasteiger partial charge in [0.1, 0.15) is 16.8 Å². The Labute approximate surface area is 151 Å². The van der Waals surface area contributed by atoms with Crippen molar-refractivity contribution in [3.63, 3.8) is 0 Å². The van der Waals surface area contributed by atoms with E-state index >= 15 is 0 Å². The molecule has 1 heterocycles. The van der Waals surface area contributed by atoms with Crippen molar-refractivity contribution in [2.75, 3.05) is 13.1 Å². The van der Waals surface area contributed by atoms with Crippen LogP contribution in [0.15, 0.2) is 91.0 Å². The molecule has 1 aliphatic rings. The average molecular weight is 346 g/mol. The standard InChI is InChI=1S/C23H25NP/c1-4-12-21(13-5-1)20-25(24-18-10-11-19-24,22-14-6-2-7-15-22)23-16-8-3-9-17-23/h1-9,12-17H,10-11,18-20H2/q+1. The first-order chi connectivity index (χ1) is 12.4. The second-order valence-corrected chi connectivity index (χ2v) is 10.2. The van der Waals surface area contributed by atoms with Crippen LogP contribution in [0.5, 0.6) is 0 Å². The van der Waals surface area contributed by atoms with E-state index in [2.05, 4.69) is 95.7 Å². The normalized spacial score (nSPS) is 15.4. The summed E-state index contributed by atoms with van der Waals surface area (Å²) in [5.74, 6) is 0. The number of nitrogens with zero attached hydrogens (tertiary/aromatic N) is 1. The number of rotatable bonds is 5. The fourth-order valence-electron chi connectivity index (χ4n) is 4.00. The van der Waals surface area contributed by atoms with Crippen LogP contribution in [0, 0.1) is 0 Å². The molecule has 0 N–H and O–H groups in total. The molecule has 1 saturated heterocycles. The number of hydrogen-bond acceptors (Lipinski definition) is 1. The molecule has 0 aliphatic carbocycles. The molecule has 0 aromatic heterocycles. The smallest absolute Gasteiger partial charge is 0.153 e. The molecular formula is C23H25NP+. The SMILES string of the molecule is c1ccc(C[P+](c2ccccc2)(c2ccccc2)N2CCCC2)cc1. The third-order valence-corrected chi connectivity index (χ3v) is 9.68. The summed E-state index contributed by atoms with van der Waals surface area (Å²) in [6, 6.07) is 33.5. The van der Waals surface area contributed by atoms with Crippen molar-refractivity contribution in [3.05, 3.63) is 96.6 Å². The molecule has 1 aliphatic heterocycles. The number of hydrogen-bond donors (Lipinski definition) is 0. The van der Waals surface area contributed by atoms with E-state index in [4.69, 9.17) is 0 Å². The quantitative estimate of drug-likeness (QED) is 0.596. The second kappa shape index (κ2) is 7.52. The van der Waals surface area contributed by atoms with Gasteiger partial charge in [-0.3, -0.25) is 0 Å². The van der Waals surface area contributed by atoms with Crippen LogP contribution in [-0.4, -0.2) is 17.8 Å². The van der Waals surface area contributed by atoms with Gasteiger partial charge in [0, 0.05) is 13.1 Å². The Morgan fingerprint density at radius 1 is 0.600 bits per heavy atom. The summed E-state index contributed by atoms with van der Waals surface area (Å²) in [5.41, 5.74) is 1.44. The van der Waals surface area contributed by atoms with Gasteiger partial charge in [0.05, 0.1) is 0 Å². The lowest BCUT2D eigenvalue weighted by molar-refractivity contribution is 0.561. The molecule has 0 radical (unpaired) electrons. The van der Waals surface area contributed by atoms with E-state index in [1.54, 1.807) is 0 Å². The summed E-state index contributed by atoms with van der Waals surface area (Å²) < 4.78 is 2.81. The van der Waals surface area contributed by atoms with Crippen molar-refractivity contribution in [2.45, 2.75) is 19.0 Å². The molecule has 0 amide bonds. The highest BCUT2D eigenvalue weighted by Crippen LogP contribution is 2.63. The van der Waals surface area contributed by atoms with E-state index in [-0.39, 0.29) is 0 Å². The molecular weight excluding hydrogens is 321 g/mol. The van der Waals surface area contributed by atoms with E-state index in [1.807, 2.05) is 0 Å². The Morgan fingerprint density at radius 2 is 1.04 bits per heavy atom. The van der Waals surface area contributed by atoms with Crippen molar-refractivity contribution in [1.82, 2.24) is 4.67 Å². The summed E-state index contributed by atoms with van der Waals surface area (Å²) in [6.45, 7) is 2.43. The third-order valence-electron chi connectivity index (χ3n) is 5.19. The topological polar surface area (TPSA) is 3.24 Å². The van der Waals surface area contributed by atoms with Gasteiger partial charge in [-0.25, -0.2) is 0 Å². The lowest BCUT2D eigenvalue weighted by atomic mass is 10.2. The van der Waals surface area contributed by atoms with Crippen molar-refractivity contribution < 1.29 is 0 Å². The number of benzene rings is 3. The highest BCUT2D eigenvalue weighted by molar-refractivity contribution is 7.86. The fraction of sp³-hybridized carbons (Fsp3) is 0.217. The molecule has 25 heavy (non-hydrogen) atoms. The summed E-state index contributed by atoms with van der Waals surface area (Å²) in [7, 11) is -1.64. The van der Waals surface area contributed by atoms with Gasteiger partial charge >= 0.3 is 0 Å². The van der Waals surface area contributed by atoms with Gasteiger partial charge in [0.15, 0.2) is 7.41 Å². The molecule has 0 atom stereocenters. The molecule has 1 nitrogen and oxygen atoms in total. The van der Waals surface area contributed by atoms with Crippen molar-refractivity contribution in [1.29, 1.82) is 0 Å². The lowest BCUT2D eigenvalue weighted by Gasteiger charge is -2.34. The molecule has 3 aromatic carbocycles. The Hall–Kier alpha value is -1.95. The Morgan fingerprint density at radius 3 is 1.52 bits per heavy atom. The highest BCUT2D eigenvalue weighted by Gasteiger charge is 2.49. The van der Waals surface area contributed by atoms with E-state index in [0.717, 1.165) is 6.16 Å². The molecule has 0 spiro atoms. The molecule has 4 rings (SSSR count). The van der Waals surface area contributed by atoms with Gasteiger partial charge in [-0.1, -0.05) is 66.7 Å². The summed E-state index contributed by atoms with van der Waals surface area (Å²) in [4.78, 5) is 0. The fourth-order valence-corrected chi connectivity index (χ4v) is 8.55. The molecule has 126 valence electrons. The highest BCUT2D eigenvalue weighted by atomic mass is 31.2. The van der Waals surface area contributed by atoms with E-state index < -0.39 is 7.41 Å². The van der Waals surface area contributed by atoms with Gasteiger partial charge in [-0.05, 0) is 42.7 Å². The van der Waals surface area contributed by atoms with Crippen LogP contribution in [0.4, 0.5) is 0 Å². The van der Waals surface area contributed by atoms with Crippen LogP contribution in [0.25, 0.3) is 0 Å². The minimum absolute atomic E-state index is 1.11. The van der Waals surface area contributed by atoms with Crippen LogP contribution in [0.3, 0.4) is 0 Å². The van der Waals surface area contributed by atoms with E-state index in [9.17, 15) is 0 Å². The van der Waals surface area contributed by atoms with Gasteiger partial charge in [-0.15, -0.1) is 0 Å². The van der Waals surface area contributed by atoms with Crippen LogP contribution >= 0.6 is 7.41 Å². The van der Waals surface area contributed by atoms with Crippen LogP contribution in [-0.2, 0) is 6.16 Å².